The summed E-state index contributed by atoms with van der Waals surface area (Å²) >= 11 is 0. The molecule has 5 heteroatoms. The molecule has 356 valence electrons. The second kappa shape index (κ2) is 17.1. The van der Waals surface area contributed by atoms with Crippen LogP contribution in [0.3, 0.4) is 0 Å². The number of fused-ring (bicyclic) bond motifs is 16. The van der Waals surface area contributed by atoms with Gasteiger partial charge in [-0.1, -0.05) is 207 Å². The second-order valence-electron chi connectivity index (χ2n) is 19.8. The summed E-state index contributed by atoms with van der Waals surface area (Å²) in [6, 6.07) is 78.0. The Morgan fingerprint density at radius 1 is 0.395 bits per heavy atom. The van der Waals surface area contributed by atoms with Crippen molar-refractivity contribution in [3.63, 3.8) is 0 Å². The summed E-state index contributed by atoms with van der Waals surface area (Å²) in [5, 5.41) is 4.02. The molecule has 5 nitrogen and oxygen atoms in total. The van der Waals surface area contributed by atoms with Crippen LogP contribution < -0.4 is 0 Å². The van der Waals surface area contributed by atoms with Gasteiger partial charge in [-0.15, -0.1) is 0 Å². The minimum atomic E-state index is -0.394. The number of rotatable bonds is 8. The number of nitrogens with zero attached hydrogens (tertiary/aromatic N) is 3. The highest BCUT2D eigenvalue weighted by Crippen LogP contribution is 2.64. The van der Waals surface area contributed by atoms with Gasteiger partial charge < -0.3 is 8.83 Å². The van der Waals surface area contributed by atoms with Crippen molar-refractivity contribution in [2.45, 2.75) is 12.3 Å². The van der Waals surface area contributed by atoms with Gasteiger partial charge >= 0.3 is 0 Å². The Hall–Kier alpha value is -9.97. The Labute approximate surface area is 439 Å². The van der Waals surface area contributed by atoms with E-state index in [1.54, 1.807) is 0 Å². The molecule has 0 saturated heterocycles. The molecule has 0 saturated carbocycles. The van der Waals surface area contributed by atoms with Gasteiger partial charge in [-0.3, -0.25) is 0 Å². The van der Waals surface area contributed by atoms with Crippen molar-refractivity contribution in [1.29, 1.82) is 0 Å². The molecule has 3 aromatic heterocycles. The number of hydrogen-bond acceptors (Lipinski definition) is 5. The van der Waals surface area contributed by atoms with E-state index < -0.39 is 5.41 Å². The summed E-state index contributed by atoms with van der Waals surface area (Å²) in [5.41, 5.74) is 22.3. The standard InChI is InChI=1S/C71H45N3O2/c1-3-4-5-17-43(2)46-18-14-19-48(40-46)68-72-69(49-36-38-54-53-22-9-13-30-62(53)76-65(54)42-49)74-70(73-68)56-25-16-31-64-67(56)57-41-47(37-39-63(57)75-64)44-32-34-45(35-33-44)50-24-15-29-61-66(50)55-23-8-12-28-60(55)71(61)58-26-10-6-20-51(58)52-21-7-11-27-59(52)71/h3-42H,2H2,1H3/b4-3-,17-5-. The van der Waals surface area contributed by atoms with E-state index in [9.17, 15) is 0 Å². The lowest BCUT2D eigenvalue weighted by molar-refractivity contribution is 0.668. The summed E-state index contributed by atoms with van der Waals surface area (Å²) in [7, 11) is 0. The van der Waals surface area contributed by atoms with Crippen LogP contribution in [0.2, 0.25) is 0 Å². The molecule has 15 rings (SSSR count). The average Bonchev–Trinajstić information content (AvgIpc) is 4.42. The minimum absolute atomic E-state index is 0.394. The molecule has 0 unspecified atom stereocenters. The Bertz CT molecular complexity index is 4580. The fourth-order valence-electron chi connectivity index (χ4n) is 12.3. The van der Waals surface area contributed by atoms with E-state index in [-0.39, 0.29) is 0 Å². The van der Waals surface area contributed by atoms with E-state index in [4.69, 9.17) is 23.8 Å². The van der Waals surface area contributed by atoms with Crippen LogP contribution in [0.4, 0.5) is 0 Å². The molecular formula is C71H45N3O2. The Kier molecular flexibility index (Phi) is 9.78. The maximum Gasteiger partial charge on any atom is 0.164 e. The van der Waals surface area contributed by atoms with Gasteiger partial charge in [0.1, 0.15) is 22.3 Å². The van der Waals surface area contributed by atoms with Crippen molar-refractivity contribution in [3.8, 4) is 78.7 Å². The lowest BCUT2D eigenvalue weighted by Crippen LogP contribution is -2.25. The zero-order chi connectivity index (χ0) is 50.5. The Balaban J connectivity index is 0.843. The third kappa shape index (κ3) is 6.55. The lowest BCUT2D eigenvalue weighted by Gasteiger charge is -2.30. The maximum absolute atomic E-state index is 6.62. The Morgan fingerprint density at radius 2 is 0.947 bits per heavy atom. The van der Waals surface area contributed by atoms with Crippen molar-refractivity contribution >= 4 is 49.5 Å². The third-order valence-corrected chi connectivity index (χ3v) is 15.7. The van der Waals surface area contributed by atoms with E-state index in [0.29, 0.717) is 17.5 Å². The minimum Gasteiger partial charge on any atom is -0.456 e. The van der Waals surface area contributed by atoms with Gasteiger partial charge in [-0.05, 0) is 127 Å². The van der Waals surface area contributed by atoms with Crippen LogP contribution in [-0.2, 0) is 5.41 Å². The first-order valence-electron chi connectivity index (χ1n) is 25.8. The van der Waals surface area contributed by atoms with Crippen LogP contribution in [0.1, 0.15) is 34.7 Å². The van der Waals surface area contributed by atoms with E-state index in [2.05, 4.69) is 176 Å². The van der Waals surface area contributed by atoms with Crippen LogP contribution >= 0.6 is 0 Å². The van der Waals surface area contributed by atoms with Crippen molar-refractivity contribution in [1.82, 2.24) is 15.0 Å². The number of hydrogen-bond donors (Lipinski definition) is 0. The highest BCUT2D eigenvalue weighted by Gasteiger charge is 2.52. The molecule has 0 radical (unpaired) electrons. The highest BCUT2D eigenvalue weighted by molar-refractivity contribution is 6.13. The number of allylic oxidation sites excluding steroid dienone is 5. The fraction of sp³-hybridized carbons (Fsp3) is 0.0282. The second-order valence-corrected chi connectivity index (χ2v) is 19.8. The van der Waals surface area contributed by atoms with Crippen LogP contribution in [0.15, 0.2) is 258 Å². The van der Waals surface area contributed by atoms with Crippen molar-refractivity contribution < 1.29 is 8.83 Å². The summed E-state index contributed by atoms with van der Waals surface area (Å²) in [4.78, 5) is 15.7. The van der Waals surface area contributed by atoms with Crippen LogP contribution in [0.5, 0.6) is 0 Å². The van der Waals surface area contributed by atoms with E-state index in [1.165, 1.54) is 55.6 Å². The molecule has 0 atom stereocenters. The molecule has 0 fully saturated rings. The highest BCUT2D eigenvalue weighted by atomic mass is 16.3. The van der Waals surface area contributed by atoms with Crippen molar-refractivity contribution in [3.05, 3.63) is 277 Å². The van der Waals surface area contributed by atoms with Gasteiger partial charge in [0, 0.05) is 38.2 Å². The van der Waals surface area contributed by atoms with E-state index in [0.717, 1.165) is 82.8 Å². The van der Waals surface area contributed by atoms with Gasteiger partial charge in [-0.25, -0.2) is 15.0 Å². The summed E-state index contributed by atoms with van der Waals surface area (Å²) in [6.45, 7) is 6.36. The first-order chi connectivity index (χ1) is 37.5. The third-order valence-electron chi connectivity index (χ3n) is 15.7. The van der Waals surface area contributed by atoms with E-state index >= 15 is 0 Å². The molecule has 0 amide bonds. The molecule has 3 heterocycles. The predicted molar refractivity (Wildman–Crippen MR) is 311 cm³/mol. The fourth-order valence-corrected chi connectivity index (χ4v) is 12.3. The largest absolute Gasteiger partial charge is 0.456 e. The number of para-hydroxylation sites is 1. The number of benzene rings is 10. The van der Waals surface area contributed by atoms with Gasteiger partial charge in [0.05, 0.1) is 5.41 Å². The zero-order valence-corrected chi connectivity index (χ0v) is 41.5. The van der Waals surface area contributed by atoms with Gasteiger partial charge in [0.25, 0.3) is 0 Å². The first-order valence-corrected chi connectivity index (χ1v) is 25.8. The quantitative estimate of drug-likeness (QED) is 0.142. The molecule has 1 spiro atoms. The number of furan rings is 2. The molecule has 76 heavy (non-hydrogen) atoms. The normalized spacial score (nSPS) is 13.1. The molecular weight excluding hydrogens is 927 g/mol. The molecule has 0 aliphatic heterocycles. The summed E-state index contributed by atoms with van der Waals surface area (Å²) in [6.07, 6.45) is 8.00. The first kappa shape index (κ1) is 43.6. The predicted octanol–water partition coefficient (Wildman–Crippen LogP) is 18.5. The van der Waals surface area contributed by atoms with Gasteiger partial charge in [0.15, 0.2) is 17.5 Å². The molecule has 13 aromatic rings. The van der Waals surface area contributed by atoms with Crippen LogP contribution in [-0.4, -0.2) is 15.0 Å². The number of aromatic nitrogens is 3. The summed E-state index contributed by atoms with van der Waals surface area (Å²) < 4.78 is 13.0. The van der Waals surface area contributed by atoms with Crippen LogP contribution in [0, 0.1) is 0 Å². The average molecular weight is 972 g/mol. The Morgan fingerprint density at radius 3 is 1.74 bits per heavy atom. The van der Waals surface area contributed by atoms with Gasteiger partial charge in [0.2, 0.25) is 0 Å². The smallest absolute Gasteiger partial charge is 0.164 e. The molecule has 2 aliphatic carbocycles. The molecule has 10 aromatic carbocycles. The van der Waals surface area contributed by atoms with Crippen molar-refractivity contribution in [2.24, 2.45) is 0 Å². The monoisotopic (exact) mass is 971 g/mol. The molecule has 2 aliphatic rings. The zero-order valence-electron chi connectivity index (χ0n) is 41.5. The summed E-state index contributed by atoms with van der Waals surface area (Å²) in [5.74, 6) is 1.61. The van der Waals surface area contributed by atoms with Gasteiger partial charge in [-0.2, -0.15) is 0 Å². The topological polar surface area (TPSA) is 65.0 Å². The maximum atomic E-state index is 6.62. The SMILES string of the molecule is C=C(/C=C\C=C/C)c1cccc(-c2nc(-c3ccc4c(c3)oc3ccccc34)nc(-c3cccc4oc5ccc(-c6ccc(-c7cccc8c7-c7ccccc7C87c8ccccc8-c8ccccc87)cc6)cc5c34)n2)c1. The lowest BCUT2D eigenvalue weighted by atomic mass is 9.70. The van der Waals surface area contributed by atoms with Crippen molar-refractivity contribution in [2.75, 3.05) is 0 Å². The van der Waals surface area contributed by atoms with E-state index in [1.807, 2.05) is 79.8 Å². The molecule has 0 N–H and O–H groups in total. The van der Waals surface area contributed by atoms with Crippen LogP contribution in [0.25, 0.3) is 128 Å². The molecule has 0 bridgehead atoms.